The number of thiol groups is 1. The van der Waals surface area contributed by atoms with Gasteiger partial charge in [0.1, 0.15) is 5.77 Å². The van der Waals surface area contributed by atoms with Gasteiger partial charge in [-0.25, -0.2) is 12.5 Å². The van der Waals surface area contributed by atoms with Gasteiger partial charge in [0.2, 0.25) is 0 Å². The highest BCUT2D eigenvalue weighted by Crippen LogP contribution is 2.28. The van der Waals surface area contributed by atoms with E-state index in [9.17, 15) is 0 Å². The topological polar surface area (TPSA) is 0 Å². The first-order valence-electron chi connectivity index (χ1n) is 37.8. The molecule has 84 heteroatoms. The molecule has 84 heavy (non-hydrogen) atoms. The first-order chi connectivity index (χ1) is 38.2. The van der Waals surface area contributed by atoms with Crippen LogP contribution in [-0.2, 0) is 0 Å². The fraction of sp³-hybridized carbons (Fsp3) is 0. The van der Waals surface area contributed by atoms with Gasteiger partial charge in [0.25, 0.3) is 0 Å². The number of hydrogen-bond donors (Lipinski definition) is 1. The first kappa shape index (κ1) is 89.7. The molecule has 0 radical (unpaired) electrons. The van der Waals surface area contributed by atoms with Gasteiger partial charge in [-0.05, 0) is 0 Å². The third-order valence-corrected chi connectivity index (χ3v) is 25.2. The van der Waals surface area contributed by atoms with Crippen LogP contribution in [0.3, 0.4) is 0 Å². The Kier molecular flexibility index (Phi) is 44.0. The van der Waals surface area contributed by atoms with Crippen molar-refractivity contribution in [3.8, 4) is 0 Å². The van der Waals surface area contributed by atoms with E-state index in [-0.39, 0.29) is 5.77 Å². The molecule has 0 unspecified atom stereocenters. The first-order valence-corrected chi connectivity index (χ1v) is 38.4. The predicted molar refractivity (Wildman–Crippen MR) is 604 cm³/mol. The van der Waals surface area contributed by atoms with Gasteiger partial charge in [0.15, 0.2) is 0 Å². The molecule has 0 saturated heterocycles. The lowest BCUT2D eigenvalue weighted by molar-refractivity contribution is 3.14. The lowest BCUT2D eigenvalue weighted by Gasteiger charge is -2.61. The Bertz CT molecular complexity index is 1330. The summed E-state index contributed by atoms with van der Waals surface area (Å²) in [6.45, 7) is 0. The maximum absolute atomic E-state index is 5.86. The fourth-order valence-corrected chi connectivity index (χ4v) is 24.2. The molecule has 0 N–H and O–H groups in total. The van der Waals surface area contributed by atoms with E-state index in [0.29, 0.717) is 255 Å². The van der Waals surface area contributed by atoms with Crippen molar-refractivity contribution in [3.05, 3.63) is 0 Å². The van der Waals surface area contributed by atoms with Crippen molar-refractivity contribution in [2.45, 2.75) is 0 Å². The van der Waals surface area contributed by atoms with E-state index >= 15 is 0 Å². The SMILES string of the molecule is BB(B)B(B(B)B)B(B(B)B(B)S)B(B(B(B)B)B(B)B)B(B(B(B(B(B)B)B(B)B)B(B(B)B)B(B)B)B(B(B(B)B)B(B)B)B(B(B)B)B(B)B)B(B(B(B(B)B)B(B)B)B(B(B)B)B(B)B)B(B(B(B)B)B(B)B)B(B(B)B)B(B)B. The maximum atomic E-state index is 5.86. The molecule has 0 bridgehead atoms. The highest BCUT2D eigenvalue weighted by Gasteiger charge is 2.67. The smallest absolute Gasteiger partial charge is 0.118 e. The third-order valence-electron chi connectivity index (χ3n) is 24.8. The average molecular weight is 1020 g/mol. The summed E-state index contributed by atoms with van der Waals surface area (Å²) in [4.78, 5) is 0. The van der Waals surface area contributed by atoms with Gasteiger partial charge >= 0.3 is 0 Å². The van der Waals surface area contributed by atoms with Crippen LogP contribution < -0.4 is 0 Å². The molecular formula is H85B83S. The van der Waals surface area contributed by atoms with Crippen LogP contribution in [0.1, 0.15) is 0 Å². The van der Waals surface area contributed by atoms with Gasteiger partial charge in [0, 0.05) is 255 Å². The van der Waals surface area contributed by atoms with Crippen molar-refractivity contribution in [1.82, 2.24) is 0 Å². The quantitative estimate of drug-likeness (QED) is 0.0459. The molecule has 0 aliphatic heterocycles. The van der Waals surface area contributed by atoms with Crippen molar-refractivity contribution < 1.29 is 0 Å². The van der Waals surface area contributed by atoms with Crippen molar-refractivity contribution in [2.75, 3.05) is 0 Å². The van der Waals surface area contributed by atoms with E-state index in [4.69, 9.17) is 12.5 Å². The largest absolute Gasteiger partial charge is 0.247 e. The summed E-state index contributed by atoms with van der Waals surface area (Å²) in [5.74, 6) is 0.279. The van der Waals surface area contributed by atoms with Gasteiger partial charge in [-0.1, -0.05) is 0 Å². The molecule has 0 amide bonds. The van der Waals surface area contributed by atoms with Crippen molar-refractivity contribution in [1.29, 1.82) is 0 Å². The second-order valence-corrected chi connectivity index (χ2v) is 38.3. The second-order valence-electron chi connectivity index (χ2n) is 37.4. The summed E-state index contributed by atoms with van der Waals surface area (Å²) < 4.78 is 0. The summed E-state index contributed by atoms with van der Waals surface area (Å²) in [6, 6.07) is 0. The molecule has 0 aromatic rings. The van der Waals surface area contributed by atoms with Crippen molar-refractivity contribution in [3.63, 3.8) is 0 Å². The molecule has 0 rings (SSSR count). The van der Waals surface area contributed by atoms with Crippen LogP contribution in [0.25, 0.3) is 0 Å². The molecule has 0 aromatic carbocycles. The van der Waals surface area contributed by atoms with E-state index in [1.807, 2.05) is 0 Å². The minimum absolute atomic E-state index is 0.279. The molecule has 0 nitrogen and oxygen atoms in total. The molecule has 0 saturated carbocycles. The van der Waals surface area contributed by atoms with E-state index < -0.39 is 0 Å². The summed E-state index contributed by atoms with van der Waals surface area (Å²) >= 11 is 5.86. The van der Waals surface area contributed by atoms with E-state index in [1.54, 1.807) is 0 Å². The van der Waals surface area contributed by atoms with Crippen LogP contribution in [0.4, 0.5) is 0 Å². The van der Waals surface area contributed by atoms with Gasteiger partial charge in [-0.3, -0.25) is 0 Å². The van der Waals surface area contributed by atoms with Gasteiger partial charge in [-0.2, -0.15) is 0 Å². The van der Waals surface area contributed by atoms with Crippen LogP contribution in [-0.4, -0.2) is 586 Å². The summed E-state index contributed by atoms with van der Waals surface area (Å²) in [6.07, 6.45) is 21.8. The third kappa shape index (κ3) is 24.0. The zero-order chi connectivity index (χ0) is 66.7. The Morgan fingerprint density at radius 1 is 0.107 bits per heavy atom. The monoisotopic (exact) mass is 1030 g/mol. The Hall–Kier alpha value is 5.74. The standard InChI is InChI=1S/B83H85S/c1-43(2)65(44(3)4)75(63(41)64(42)84)80(74(61(37)38)62(39)40)83(81(76(66(45(5)6)46(7)8)67(47(9)10)48(11)12)77(68(49(13)14)50(15)16)69(51(17)18)52(19)20)82(78(70(53(21)22)54(23)24)71(55(25)26)56(27)28)79(72(57(29)30)58(31)32)73(59(33)34)60(35)36/h84H,1-42H2. The zero-order valence-corrected chi connectivity index (χ0v) is 67.0. The van der Waals surface area contributed by atoms with E-state index in [0.717, 1.165) is 0 Å². The minimum atomic E-state index is 0.279. The molecular weight excluding hydrogens is 929 g/mol. The van der Waals surface area contributed by atoms with Crippen LogP contribution in [0.2, 0.25) is 0 Å². The lowest BCUT2D eigenvalue weighted by atomic mass is 8.20. The normalized spacial score (nSPS) is 9.82. The molecule has 0 heterocycles. The maximum Gasteiger partial charge on any atom is 0.118 e. The lowest BCUT2D eigenvalue weighted by Crippen LogP contribution is -3.00. The summed E-state index contributed by atoms with van der Waals surface area (Å²) in [5.41, 5.74) is 0. The predicted octanol–water partition coefficient (Wildman–Crippen LogP) is -53.7. The molecule has 0 aliphatic rings. The van der Waals surface area contributed by atoms with Crippen LogP contribution in [0, 0.1) is 0 Å². The highest BCUT2D eigenvalue weighted by atomic mass is 32.1. The highest BCUT2D eigenvalue weighted by molar-refractivity contribution is 8.43. The van der Waals surface area contributed by atoms with Crippen LogP contribution in [0.5, 0.6) is 0 Å². The van der Waals surface area contributed by atoms with Crippen LogP contribution >= 0.6 is 12.5 Å². The van der Waals surface area contributed by atoms with Gasteiger partial charge in [0.05, 0.1) is 325 Å². The van der Waals surface area contributed by atoms with Crippen molar-refractivity contribution in [2.24, 2.45) is 0 Å². The summed E-state index contributed by atoms with van der Waals surface area (Å²) in [5, 5.41) is 0. The van der Waals surface area contributed by atoms with E-state index in [2.05, 4.69) is 325 Å². The average Bonchev–Trinajstić information content (AvgIpc) is 3.26. The second kappa shape index (κ2) is 41.2. The molecule has 0 spiro atoms. The van der Waals surface area contributed by atoms with Gasteiger partial charge < -0.3 is 0 Å². The Balaban J connectivity index is 13.1. The minimum Gasteiger partial charge on any atom is -0.247 e. The number of hydrogen-bond acceptors (Lipinski definition) is 1. The zero-order valence-electron chi connectivity index (χ0n) is 66.1. The molecule has 0 aliphatic carbocycles. The molecule has 0 atom stereocenters. The fourth-order valence-electron chi connectivity index (χ4n) is 24.0. The summed E-state index contributed by atoms with van der Waals surface area (Å²) in [7, 11) is 114. The van der Waals surface area contributed by atoms with Gasteiger partial charge in [-0.15, -0.1) is 0 Å². The van der Waals surface area contributed by atoms with Crippen molar-refractivity contribution >= 4 is 599 Å². The molecule has 0 aromatic heterocycles. The Morgan fingerprint density at radius 3 is 0.262 bits per heavy atom. The molecule has 0 fully saturated rings. The van der Waals surface area contributed by atoms with Crippen LogP contribution in [0.15, 0.2) is 0 Å². The molecule has 340 valence electrons. The van der Waals surface area contributed by atoms with E-state index in [1.165, 1.54) is 0 Å². The Labute approximate surface area is 592 Å². The Morgan fingerprint density at radius 2 is 0.179 bits per heavy atom. The number of rotatable bonds is 40.